The van der Waals surface area contributed by atoms with Crippen LogP contribution in [-0.4, -0.2) is 77.5 Å². The van der Waals surface area contributed by atoms with Gasteiger partial charge in [-0.2, -0.15) is 5.10 Å². The van der Waals surface area contributed by atoms with Gasteiger partial charge in [-0.15, -0.1) is 0 Å². The number of carbonyl (C=O) groups excluding carboxylic acids is 1. The van der Waals surface area contributed by atoms with Crippen LogP contribution in [0.15, 0.2) is 30.7 Å². The highest BCUT2D eigenvalue weighted by molar-refractivity contribution is 5.92. The zero-order valence-electron chi connectivity index (χ0n) is 17.3. The highest BCUT2D eigenvalue weighted by atomic mass is 16.5. The Kier molecular flexibility index (Phi) is 5.66. The number of hydrogen-bond acceptors (Lipinski definition) is 8. The second-order valence-corrected chi connectivity index (χ2v) is 7.12. The summed E-state index contributed by atoms with van der Waals surface area (Å²) in [7, 11) is 5.03. The van der Waals surface area contributed by atoms with Gasteiger partial charge in [0.25, 0.3) is 0 Å². The van der Waals surface area contributed by atoms with Gasteiger partial charge >= 0.3 is 0 Å². The molecule has 1 saturated heterocycles. The molecule has 3 heterocycles. The monoisotopic (exact) mass is 411 g/mol. The third kappa shape index (κ3) is 4.13. The Morgan fingerprint density at radius 2 is 1.77 bits per heavy atom. The number of anilines is 2. The summed E-state index contributed by atoms with van der Waals surface area (Å²) in [6.45, 7) is 3.41. The summed E-state index contributed by atoms with van der Waals surface area (Å²) in [5.41, 5.74) is 1.46. The summed E-state index contributed by atoms with van der Waals surface area (Å²) in [5.74, 6) is 2.07. The van der Waals surface area contributed by atoms with Crippen LogP contribution in [0.2, 0.25) is 0 Å². The van der Waals surface area contributed by atoms with Crippen LogP contribution in [0.25, 0.3) is 11.0 Å². The first-order valence-corrected chi connectivity index (χ1v) is 9.70. The number of carbonyl (C=O) groups is 1. The third-order valence-corrected chi connectivity index (χ3v) is 5.18. The Balaban J connectivity index is 1.35. The summed E-state index contributed by atoms with van der Waals surface area (Å²) in [6, 6.07) is 5.31. The maximum absolute atomic E-state index is 12.5. The Morgan fingerprint density at radius 3 is 2.43 bits per heavy atom. The molecule has 0 spiro atoms. The number of benzene rings is 1. The molecule has 2 aromatic heterocycles. The van der Waals surface area contributed by atoms with Crippen LogP contribution < -0.4 is 19.7 Å². The molecule has 1 aliphatic rings. The van der Waals surface area contributed by atoms with Gasteiger partial charge < -0.3 is 19.7 Å². The number of aryl methyl sites for hydroxylation is 1. The van der Waals surface area contributed by atoms with Gasteiger partial charge in [-0.1, -0.05) is 0 Å². The van der Waals surface area contributed by atoms with E-state index in [9.17, 15) is 4.79 Å². The van der Waals surface area contributed by atoms with Crippen molar-refractivity contribution in [1.29, 1.82) is 0 Å². The lowest BCUT2D eigenvalue weighted by molar-refractivity contribution is -0.117. The fourth-order valence-corrected chi connectivity index (χ4v) is 3.60. The molecule has 0 unspecified atom stereocenters. The maximum Gasteiger partial charge on any atom is 0.238 e. The van der Waals surface area contributed by atoms with E-state index in [-0.39, 0.29) is 5.91 Å². The molecule has 0 aliphatic carbocycles. The van der Waals surface area contributed by atoms with Crippen molar-refractivity contribution in [2.24, 2.45) is 7.05 Å². The largest absolute Gasteiger partial charge is 0.497 e. The average Bonchev–Trinajstić information content (AvgIpc) is 3.15. The van der Waals surface area contributed by atoms with Gasteiger partial charge in [-0.3, -0.25) is 14.4 Å². The van der Waals surface area contributed by atoms with Crippen LogP contribution >= 0.6 is 0 Å². The van der Waals surface area contributed by atoms with Crippen molar-refractivity contribution in [3.05, 3.63) is 30.7 Å². The normalized spacial score (nSPS) is 14.7. The second-order valence-electron chi connectivity index (χ2n) is 7.12. The van der Waals surface area contributed by atoms with E-state index >= 15 is 0 Å². The predicted molar refractivity (Wildman–Crippen MR) is 113 cm³/mol. The molecule has 1 aromatic carbocycles. The van der Waals surface area contributed by atoms with Crippen LogP contribution in [0, 0.1) is 0 Å². The summed E-state index contributed by atoms with van der Waals surface area (Å²) in [5, 5.41) is 8.14. The maximum atomic E-state index is 12.5. The molecule has 3 aromatic rings. The molecule has 10 heteroatoms. The minimum Gasteiger partial charge on any atom is -0.497 e. The van der Waals surface area contributed by atoms with E-state index in [0.717, 1.165) is 43.0 Å². The van der Waals surface area contributed by atoms with Gasteiger partial charge in [0.15, 0.2) is 5.65 Å². The fourth-order valence-electron chi connectivity index (χ4n) is 3.60. The van der Waals surface area contributed by atoms with Gasteiger partial charge in [-0.05, 0) is 0 Å². The molecule has 1 fully saturated rings. The number of ether oxygens (including phenoxy) is 2. The molecular formula is C20H25N7O3. The quantitative estimate of drug-likeness (QED) is 0.645. The second kappa shape index (κ2) is 8.54. The van der Waals surface area contributed by atoms with Crippen molar-refractivity contribution in [2.75, 3.05) is 57.2 Å². The SMILES string of the molecule is COc1cc(NC(=O)CN2CCN(c3ncnc4c3cnn4C)CC2)cc(OC)c1. The zero-order chi connectivity index (χ0) is 21.1. The first-order chi connectivity index (χ1) is 14.6. The van der Waals surface area contributed by atoms with E-state index in [0.29, 0.717) is 23.7 Å². The molecule has 0 saturated carbocycles. The van der Waals surface area contributed by atoms with E-state index in [4.69, 9.17) is 9.47 Å². The smallest absolute Gasteiger partial charge is 0.238 e. The summed E-state index contributed by atoms with van der Waals surface area (Å²) < 4.78 is 12.2. The molecule has 30 heavy (non-hydrogen) atoms. The van der Waals surface area contributed by atoms with Crippen molar-refractivity contribution in [3.8, 4) is 11.5 Å². The summed E-state index contributed by atoms with van der Waals surface area (Å²) in [6.07, 6.45) is 3.37. The molecule has 0 bridgehead atoms. The van der Waals surface area contributed by atoms with Crippen LogP contribution in [0.4, 0.5) is 11.5 Å². The molecule has 1 amide bonds. The number of methoxy groups -OCH3 is 2. The van der Waals surface area contributed by atoms with E-state index in [1.807, 2.05) is 7.05 Å². The van der Waals surface area contributed by atoms with E-state index in [1.54, 1.807) is 49.6 Å². The predicted octanol–water partition coefficient (Wildman–Crippen LogP) is 1.14. The number of piperazine rings is 1. The van der Waals surface area contributed by atoms with Gasteiger partial charge in [-0.25, -0.2) is 9.97 Å². The summed E-state index contributed by atoms with van der Waals surface area (Å²) in [4.78, 5) is 25.6. The van der Waals surface area contributed by atoms with Crippen molar-refractivity contribution in [1.82, 2.24) is 24.6 Å². The zero-order valence-corrected chi connectivity index (χ0v) is 17.3. The molecule has 0 atom stereocenters. The number of aromatic nitrogens is 4. The molecule has 0 radical (unpaired) electrons. The lowest BCUT2D eigenvalue weighted by Gasteiger charge is -2.35. The van der Waals surface area contributed by atoms with Crippen molar-refractivity contribution in [2.45, 2.75) is 0 Å². The van der Waals surface area contributed by atoms with Crippen molar-refractivity contribution < 1.29 is 14.3 Å². The topological polar surface area (TPSA) is 97.6 Å². The number of nitrogens with zero attached hydrogens (tertiary/aromatic N) is 6. The average molecular weight is 411 g/mol. The fraction of sp³-hybridized carbons (Fsp3) is 0.400. The Labute approximate surface area is 174 Å². The van der Waals surface area contributed by atoms with Crippen LogP contribution in [0.5, 0.6) is 11.5 Å². The van der Waals surface area contributed by atoms with Crippen LogP contribution in [-0.2, 0) is 11.8 Å². The highest BCUT2D eigenvalue weighted by Gasteiger charge is 2.22. The number of amides is 1. The minimum atomic E-state index is -0.0737. The Hall–Kier alpha value is -3.40. The van der Waals surface area contributed by atoms with E-state index < -0.39 is 0 Å². The number of fused-ring (bicyclic) bond motifs is 1. The number of hydrogen-bond donors (Lipinski definition) is 1. The molecule has 1 N–H and O–H groups in total. The molecule has 10 nitrogen and oxygen atoms in total. The standard InChI is InChI=1S/C20H25N7O3/c1-25-19-17(11-23-25)20(22-13-21-19)27-6-4-26(5-7-27)12-18(28)24-14-8-15(29-2)10-16(9-14)30-3/h8-11,13H,4-7,12H2,1-3H3,(H,24,28). The molecule has 4 rings (SSSR count). The van der Waals surface area contributed by atoms with E-state index in [2.05, 4.69) is 30.2 Å². The molecular weight excluding hydrogens is 386 g/mol. The van der Waals surface area contributed by atoms with Gasteiger partial charge in [0.05, 0.1) is 32.3 Å². The van der Waals surface area contributed by atoms with E-state index in [1.165, 1.54) is 0 Å². The Morgan fingerprint density at radius 1 is 1.07 bits per heavy atom. The van der Waals surface area contributed by atoms with Crippen LogP contribution in [0.1, 0.15) is 0 Å². The summed E-state index contributed by atoms with van der Waals surface area (Å²) >= 11 is 0. The van der Waals surface area contributed by atoms with Gasteiger partial charge in [0, 0.05) is 57.1 Å². The number of nitrogens with one attached hydrogen (secondary N) is 1. The molecule has 1 aliphatic heterocycles. The molecule has 158 valence electrons. The third-order valence-electron chi connectivity index (χ3n) is 5.18. The lowest BCUT2D eigenvalue weighted by Crippen LogP contribution is -2.49. The van der Waals surface area contributed by atoms with Crippen molar-refractivity contribution >= 4 is 28.4 Å². The van der Waals surface area contributed by atoms with Crippen LogP contribution in [0.3, 0.4) is 0 Å². The first-order valence-electron chi connectivity index (χ1n) is 9.70. The number of rotatable bonds is 6. The van der Waals surface area contributed by atoms with Crippen molar-refractivity contribution in [3.63, 3.8) is 0 Å². The minimum absolute atomic E-state index is 0.0737. The van der Waals surface area contributed by atoms with Gasteiger partial charge in [0.2, 0.25) is 5.91 Å². The van der Waals surface area contributed by atoms with Gasteiger partial charge in [0.1, 0.15) is 23.6 Å². The Bertz CT molecular complexity index is 1020. The highest BCUT2D eigenvalue weighted by Crippen LogP contribution is 2.26. The lowest BCUT2D eigenvalue weighted by atomic mass is 10.2. The first kappa shape index (κ1) is 19.9.